The summed E-state index contributed by atoms with van der Waals surface area (Å²) in [4.78, 5) is 16.0. The van der Waals surface area contributed by atoms with Crippen LogP contribution in [0, 0.1) is 5.82 Å². The van der Waals surface area contributed by atoms with Crippen LogP contribution in [0.15, 0.2) is 59.2 Å². The zero-order valence-electron chi connectivity index (χ0n) is 10.7. The molecule has 1 heterocycles. The number of halogens is 2. The van der Waals surface area contributed by atoms with Crippen LogP contribution in [0.25, 0.3) is 6.08 Å². The van der Waals surface area contributed by atoms with Crippen LogP contribution < -0.4 is 0 Å². The number of ether oxygens (including phenoxy) is 1. The van der Waals surface area contributed by atoms with E-state index in [2.05, 4.69) is 4.99 Å². The summed E-state index contributed by atoms with van der Waals surface area (Å²) in [5, 5.41) is 0.530. The van der Waals surface area contributed by atoms with Crippen LogP contribution in [-0.4, -0.2) is 11.9 Å². The average Bonchev–Trinajstić information content (AvgIpc) is 2.83. The monoisotopic (exact) mass is 301 g/mol. The van der Waals surface area contributed by atoms with Crippen molar-refractivity contribution in [2.75, 3.05) is 0 Å². The fraction of sp³-hybridized carbons (Fsp3) is 0. The molecule has 0 radical (unpaired) electrons. The van der Waals surface area contributed by atoms with Crippen molar-refractivity contribution in [3.63, 3.8) is 0 Å². The first-order valence-corrected chi connectivity index (χ1v) is 6.54. The Balaban J connectivity index is 1.93. The number of cyclic esters (lactones) is 1. The molecule has 0 unspecified atom stereocenters. The molecule has 0 atom stereocenters. The van der Waals surface area contributed by atoms with Crippen LogP contribution in [0.1, 0.15) is 11.1 Å². The van der Waals surface area contributed by atoms with E-state index in [0.29, 0.717) is 16.1 Å². The lowest BCUT2D eigenvalue weighted by atomic mass is 10.2. The quantitative estimate of drug-likeness (QED) is 0.625. The summed E-state index contributed by atoms with van der Waals surface area (Å²) in [6, 6.07) is 12.6. The Morgan fingerprint density at radius 1 is 1.14 bits per heavy atom. The molecule has 1 aliphatic rings. The maximum atomic E-state index is 12.8. The lowest BCUT2D eigenvalue weighted by Gasteiger charge is -1.98. The average molecular weight is 302 g/mol. The molecule has 0 fully saturated rings. The third-order valence-corrected chi connectivity index (χ3v) is 3.10. The van der Waals surface area contributed by atoms with Gasteiger partial charge >= 0.3 is 5.97 Å². The van der Waals surface area contributed by atoms with Crippen LogP contribution in [0.3, 0.4) is 0 Å². The van der Waals surface area contributed by atoms with Crippen molar-refractivity contribution in [2.45, 2.75) is 0 Å². The van der Waals surface area contributed by atoms with Crippen LogP contribution in [0.2, 0.25) is 5.02 Å². The molecular weight excluding hydrogens is 293 g/mol. The molecule has 2 aromatic carbocycles. The van der Waals surface area contributed by atoms with E-state index in [-0.39, 0.29) is 17.4 Å². The van der Waals surface area contributed by atoms with Gasteiger partial charge in [0, 0.05) is 10.6 Å². The predicted octanol–water partition coefficient (Wildman–Crippen LogP) is 3.82. The van der Waals surface area contributed by atoms with Crippen LogP contribution in [0.4, 0.5) is 4.39 Å². The summed E-state index contributed by atoms with van der Waals surface area (Å²) in [5.74, 6) is -0.681. The van der Waals surface area contributed by atoms with Crippen molar-refractivity contribution in [3.8, 4) is 0 Å². The Hall–Kier alpha value is -2.46. The zero-order chi connectivity index (χ0) is 14.8. The highest BCUT2D eigenvalue weighted by molar-refractivity contribution is 6.31. The Morgan fingerprint density at radius 3 is 2.62 bits per heavy atom. The van der Waals surface area contributed by atoms with Gasteiger partial charge in [0.05, 0.1) is 0 Å². The Bertz CT molecular complexity index is 766. The van der Waals surface area contributed by atoms with E-state index in [4.69, 9.17) is 16.3 Å². The zero-order valence-corrected chi connectivity index (χ0v) is 11.5. The first-order valence-electron chi connectivity index (χ1n) is 6.16. The molecule has 0 amide bonds. The number of aliphatic imine (C=N–C) groups is 1. The molecule has 3 nitrogen and oxygen atoms in total. The summed E-state index contributed by atoms with van der Waals surface area (Å²) < 4.78 is 18.0. The van der Waals surface area contributed by atoms with E-state index in [9.17, 15) is 9.18 Å². The number of hydrogen-bond donors (Lipinski definition) is 0. The lowest BCUT2D eigenvalue weighted by molar-refractivity contribution is -0.129. The second-order valence-electron chi connectivity index (χ2n) is 4.40. The van der Waals surface area contributed by atoms with Gasteiger partial charge in [-0.15, -0.1) is 0 Å². The molecule has 1 aliphatic heterocycles. The highest BCUT2D eigenvalue weighted by Crippen LogP contribution is 2.20. The molecule has 104 valence electrons. The SMILES string of the molecule is O=C1OC(c2cccc(Cl)c2)=N/C1=C/c1ccc(F)cc1. The maximum Gasteiger partial charge on any atom is 0.363 e. The number of carbonyl (C=O) groups excluding carboxylic acids is 1. The second kappa shape index (κ2) is 5.50. The molecule has 0 spiro atoms. The molecule has 0 saturated heterocycles. The van der Waals surface area contributed by atoms with Crippen molar-refractivity contribution in [2.24, 2.45) is 4.99 Å². The van der Waals surface area contributed by atoms with Crippen LogP contribution >= 0.6 is 11.6 Å². The van der Waals surface area contributed by atoms with Crippen LogP contribution in [0.5, 0.6) is 0 Å². The van der Waals surface area contributed by atoms with E-state index in [1.807, 2.05) is 0 Å². The van der Waals surface area contributed by atoms with Crippen molar-refractivity contribution in [1.29, 1.82) is 0 Å². The normalized spacial score (nSPS) is 16.0. The maximum absolute atomic E-state index is 12.8. The third kappa shape index (κ3) is 3.01. The number of esters is 1. The number of rotatable bonds is 2. The molecule has 0 aromatic heterocycles. The van der Waals surface area contributed by atoms with Gasteiger partial charge in [0.1, 0.15) is 5.82 Å². The van der Waals surface area contributed by atoms with E-state index < -0.39 is 5.97 Å². The minimum atomic E-state index is -0.547. The Labute approximate surface area is 125 Å². The molecular formula is C16H9ClFNO2. The number of carbonyl (C=O) groups is 1. The van der Waals surface area contributed by atoms with E-state index >= 15 is 0 Å². The summed E-state index contributed by atoms with van der Waals surface area (Å²) in [6.07, 6.45) is 1.54. The number of hydrogen-bond acceptors (Lipinski definition) is 3. The predicted molar refractivity (Wildman–Crippen MR) is 78.5 cm³/mol. The van der Waals surface area contributed by atoms with Gasteiger partial charge in [0.2, 0.25) is 5.90 Å². The van der Waals surface area contributed by atoms with Crippen molar-refractivity contribution >= 4 is 29.5 Å². The van der Waals surface area contributed by atoms with Gasteiger partial charge in [-0.3, -0.25) is 0 Å². The summed E-state index contributed by atoms with van der Waals surface area (Å²) in [5.41, 5.74) is 1.45. The molecule has 0 saturated carbocycles. The molecule has 3 rings (SSSR count). The van der Waals surface area contributed by atoms with E-state index in [1.54, 1.807) is 42.5 Å². The highest BCUT2D eigenvalue weighted by Gasteiger charge is 2.24. The largest absolute Gasteiger partial charge is 0.402 e. The molecule has 21 heavy (non-hydrogen) atoms. The topological polar surface area (TPSA) is 38.7 Å². The minimum absolute atomic E-state index is 0.164. The van der Waals surface area contributed by atoms with Crippen molar-refractivity contribution < 1.29 is 13.9 Å². The van der Waals surface area contributed by atoms with Gasteiger partial charge in [0.15, 0.2) is 5.70 Å². The summed E-state index contributed by atoms with van der Waals surface area (Å²) in [6.45, 7) is 0. The fourth-order valence-electron chi connectivity index (χ4n) is 1.87. The van der Waals surface area contributed by atoms with Gasteiger partial charge in [-0.05, 0) is 42.0 Å². The van der Waals surface area contributed by atoms with Gasteiger partial charge in [0.25, 0.3) is 0 Å². The number of benzene rings is 2. The molecule has 0 aliphatic carbocycles. The third-order valence-electron chi connectivity index (χ3n) is 2.87. The summed E-state index contributed by atoms with van der Waals surface area (Å²) >= 11 is 5.90. The van der Waals surface area contributed by atoms with Gasteiger partial charge in [-0.25, -0.2) is 14.2 Å². The fourth-order valence-corrected chi connectivity index (χ4v) is 2.06. The molecule has 5 heteroatoms. The first-order chi connectivity index (χ1) is 10.1. The Morgan fingerprint density at radius 2 is 1.90 bits per heavy atom. The minimum Gasteiger partial charge on any atom is -0.402 e. The highest BCUT2D eigenvalue weighted by atomic mass is 35.5. The molecule has 0 bridgehead atoms. The van der Waals surface area contributed by atoms with E-state index in [1.165, 1.54) is 12.1 Å². The first kappa shape index (κ1) is 13.5. The van der Waals surface area contributed by atoms with Gasteiger partial charge in [-0.2, -0.15) is 0 Å². The van der Waals surface area contributed by atoms with E-state index in [0.717, 1.165) is 0 Å². The standard InChI is InChI=1S/C16H9ClFNO2/c17-12-3-1-2-11(9-12)15-19-14(16(20)21-15)8-10-4-6-13(18)7-5-10/h1-9H/b14-8+. The van der Waals surface area contributed by atoms with Crippen molar-refractivity contribution in [1.82, 2.24) is 0 Å². The van der Waals surface area contributed by atoms with Crippen molar-refractivity contribution in [3.05, 3.63) is 76.2 Å². The number of nitrogens with zero attached hydrogens (tertiary/aromatic N) is 1. The second-order valence-corrected chi connectivity index (χ2v) is 4.83. The Kier molecular flexibility index (Phi) is 3.54. The van der Waals surface area contributed by atoms with Gasteiger partial charge in [-0.1, -0.05) is 29.8 Å². The van der Waals surface area contributed by atoms with Gasteiger partial charge < -0.3 is 4.74 Å². The lowest BCUT2D eigenvalue weighted by Crippen LogP contribution is -2.05. The molecule has 0 N–H and O–H groups in total. The van der Waals surface area contributed by atoms with Crippen LogP contribution in [-0.2, 0) is 9.53 Å². The smallest absolute Gasteiger partial charge is 0.363 e. The summed E-state index contributed by atoms with van der Waals surface area (Å²) in [7, 11) is 0. The molecule has 2 aromatic rings.